The molecule has 125 valence electrons. The topological polar surface area (TPSA) is 46.1 Å². The van der Waals surface area contributed by atoms with Crippen LogP contribution < -0.4 is 10.2 Å². The first-order chi connectivity index (χ1) is 10.2. The molecule has 2 aromatic carbocycles. The van der Waals surface area contributed by atoms with Gasteiger partial charge in [0.15, 0.2) is 0 Å². The van der Waals surface area contributed by atoms with Crippen LogP contribution in [0.2, 0.25) is 0 Å². The Morgan fingerprint density at radius 2 is 0.957 bits per heavy atom. The van der Waals surface area contributed by atoms with Crippen LogP contribution in [-0.4, -0.2) is 0 Å². The number of hydrogen-bond donors (Lipinski definition) is 0. The van der Waals surface area contributed by atoms with Crippen molar-refractivity contribution in [2.75, 3.05) is 0 Å². The maximum Gasteiger partial charge on any atom is 2.00 e. The number of rotatable bonds is 2. The standard InChI is InChI=1S/2C10H14O.Mn/c2*1-7(2)9-5-4-8(3)6-10(9)11;/h2*4-7,11H,1-3H3;/q;;+2/p-2. The summed E-state index contributed by atoms with van der Waals surface area (Å²) in [5.41, 5.74) is 3.91. The van der Waals surface area contributed by atoms with Crippen molar-refractivity contribution >= 4 is 0 Å². The largest absolute Gasteiger partial charge is 2.00 e. The van der Waals surface area contributed by atoms with Gasteiger partial charge in [0.05, 0.1) is 0 Å². The summed E-state index contributed by atoms with van der Waals surface area (Å²) >= 11 is 0. The monoisotopic (exact) mass is 353 g/mol. The van der Waals surface area contributed by atoms with Crippen molar-refractivity contribution in [3.63, 3.8) is 0 Å². The molecule has 0 aromatic heterocycles. The van der Waals surface area contributed by atoms with Crippen molar-refractivity contribution in [2.45, 2.75) is 53.4 Å². The summed E-state index contributed by atoms with van der Waals surface area (Å²) in [7, 11) is 0. The van der Waals surface area contributed by atoms with Gasteiger partial charge in [0.25, 0.3) is 0 Å². The molecule has 0 bridgehead atoms. The Balaban J connectivity index is 0.000000403. The minimum Gasteiger partial charge on any atom is -0.872 e. The Labute approximate surface area is 151 Å². The molecule has 0 N–H and O–H groups in total. The van der Waals surface area contributed by atoms with Gasteiger partial charge in [-0.2, -0.15) is 0 Å². The number of aryl methyl sites for hydroxylation is 2. The van der Waals surface area contributed by atoms with E-state index in [0.717, 1.165) is 22.3 Å². The third-order valence-electron chi connectivity index (χ3n) is 3.58. The van der Waals surface area contributed by atoms with Crippen LogP contribution in [-0.2, 0) is 17.1 Å². The molecule has 2 aromatic rings. The second-order valence-electron chi connectivity index (χ2n) is 6.39. The minimum atomic E-state index is 0. The van der Waals surface area contributed by atoms with E-state index in [4.69, 9.17) is 0 Å². The van der Waals surface area contributed by atoms with E-state index in [9.17, 15) is 10.2 Å². The van der Waals surface area contributed by atoms with Crippen LogP contribution in [0.3, 0.4) is 0 Å². The average molecular weight is 353 g/mol. The normalized spacial score (nSPS) is 10.1. The van der Waals surface area contributed by atoms with E-state index in [1.165, 1.54) is 0 Å². The van der Waals surface area contributed by atoms with Gasteiger partial charge in [-0.15, -0.1) is 11.5 Å². The summed E-state index contributed by atoms with van der Waals surface area (Å²) in [6, 6.07) is 11.2. The Kier molecular flexibility index (Phi) is 9.04. The van der Waals surface area contributed by atoms with Crippen molar-refractivity contribution in [3.05, 3.63) is 58.7 Å². The molecule has 0 aliphatic rings. The predicted octanol–water partition coefficient (Wildman–Crippen LogP) is 4.38. The summed E-state index contributed by atoms with van der Waals surface area (Å²) in [6.07, 6.45) is 0. The average Bonchev–Trinajstić information content (AvgIpc) is 2.38. The second-order valence-corrected chi connectivity index (χ2v) is 6.39. The molecule has 0 aliphatic heterocycles. The molecule has 0 unspecified atom stereocenters. The Morgan fingerprint density at radius 1 is 0.652 bits per heavy atom. The van der Waals surface area contributed by atoms with Crippen molar-refractivity contribution in [1.82, 2.24) is 0 Å². The van der Waals surface area contributed by atoms with Crippen molar-refractivity contribution < 1.29 is 27.3 Å². The fourth-order valence-electron chi connectivity index (χ4n) is 2.24. The molecule has 0 saturated heterocycles. The predicted molar refractivity (Wildman–Crippen MR) is 89.4 cm³/mol. The van der Waals surface area contributed by atoms with Gasteiger partial charge < -0.3 is 10.2 Å². The minimum absolute atomic E-state index is 0. The quantitative estimate of drug-likeness (QED) is 0.752. The molecule has 0 spiro atoms. The van der Waals surface area contributed by atoms with Crippen LogP contribution in [0.5, 0.6) is 11.5 Å². The van der Waals surface area contributed by atoms with Gasteiger partial charge in [0, 0.05) is 0 Å². The molecule has 0 atom stereocenters. The molecule has 1 radical (unpaired) electrons. The van der Waals surface area contributed by atoms with E-state index >= 15 is 0 Å². The first-order valence-electron chi connectivity index (χ1n) is 7.77. The SMILES string of the molecule is Cc1ccc(C(C)C)c([O-])c1.Cc1ccc(C(C)C)c([O-])c1.[Mn+2]. The van der Waals surface area contributed by atoms with Gasteiger partial charge in [-0.1, -0.05) is 86.3 Å². The van der Waals surface area contributed by atoms with Crippen LogP contribution in [0.25, 0.3) is 0 Å². The zero-order valence-corrected chi connectivity index (χ0v) is 16.0. The molecule has 0 fully saturated rings. The molecule has 0 aliphatic carbocycles. The third-order valence-corrected chi connectivity index (χ3v) is 3.58. The fraction of sp³-hybridized carbons (Fsp3) is 0.400. The van der Waals surface area contributed by atoms with E-state index in [1.54, 1.807) is 12.1 Å². The van der Waals surface area contributed by atoms with Crippen LogP contribution >= 0.6 is 0 Å². The smallest absolute Gasteiger partial charge is 0.872 e. The van der Waals surface area contributed by atoms with Crippen molar-refractivity contribution in [3.8, 4) is 11.5 Å². The first-order valence-corrected chi connectivity index (χ1v) is 7.77. The molecule has 0 saturated carbocycles. The summed E-state index contributed by atoms with van der Waals surface area (Å²) in [5.74, 6) is 1.01. The molecular formula is C20H26MnO2. The summed E-state index contributed by atoms with van der Waals surface area (Å²) in [5, 5.41) is 22.6. The summed E-state index contributed by atoms with van der Waals surface area (Å²) in [4.78, 5) is 0. The van der Waals surface area contributed by atoms with Gasteiger partial charge in [-0.05, 0) is 25.7 Å². The van der Waals surface area contributed by atoms with Crippen LogP contribution in [0, 0.1) is 13.8 Å². The number of hydrogen-bond acceptors (Lipinski definition) is 2. The van der Waals surface area contributed by atoms with Gasteiger partial charge >= 0.3 is 17.1 Å². The zero-order valence-electron chi connectivity index (χ0n) is 14.8. The summed E-state index contributed by atoms with van der Waals surface area (Å²) < 4.78 is 0. The third kappa shape index (κ3) is 6.68. The van der Waals surface area contributed by atoms with E-state index in [2.05, 4.69) is 0 Å². The van der Waals surface area contributed by atoms with Crippen LogP contribution in [0.15, 0.2) is 36.4 Å². The van der Waals surface area contributed by atoms with Gasteiger partial charge in [0.2, 0.25) is 0 Å². The second kappa shape index (κ2) is 9.64. The van der Waals surface area contributed by atoms with E-state index < -0.39 is 0 Å². The Morgan fingerprint density at radius 3 is 1.17 bits per heavy atom. The Bertz CT molecular complexity index is 564. The molecule has 23 heavy (non-hydrogen) atoms. The van der Waals surface area contributed by atoms with Gasteiger partial charge in [-0.25, -0.2) is 0 Å². The molecule has 0 amide bonds. The first kappa shape index (κ1) is 21.6. The molecule has 2 nitrogen and oxygen atoms in total. The van der Waals surface area contributed by atoms with Crippen LogP contribution in [0.1, 0.15) is 61.8 Å². The maximum atomic E-state index is 11.3. The molecule has 3 heteroatoms. The molecule has 0 heterocycles. The van der Waals surface area contributed by atoms with Crippen LogP contribution in [0.4, 0.5) is 0 Å². The number of benzene rings is 2. The van der Waals surface area contributed by atoms with E-state index in [-0.39, 0.29) is 28.6 Å². The van der Waals surface area contributed by atoms with Crippen molar-refractivity contribution in [2.24, 2.45) is 0 Å². The maximum absolute atomic E-state index is 11.3. The van der Waals surface area contributed by atoms with Gasteiger partial charge in [-0.3, -0.25) is 0 Å². The van der Waals surface area contributed by atoms with E-state index in [1.807, 2.05) is 65.8 Å². The van der Waals surface area contributed by atoms with Crippen molar-refractivity contribution in [1.29, 1.82) is 0 Å². The van der Waals surface area contributed by atoms with Gasteiger partial charge in [0.1, 0.15) is 0 Å². The Hall–Kier alpha value is -1.44. The fourth-order valence-corrected chi connectivity index (χ4v) is 2.24. The summed E-state index contributed by atoms with van der Waals surface area (Å²) in [6.45, 7) is 12.0. The molecular weight excluding hydrogens is 327 g/mol. The zero-order chi connectivity index (χ0) is 16.9. The molecule has 2 rings (SSSR count). The van der Waals surface area contributed by atoms with E-state index in [0.29, 0.717) is 11.8 Å².